The van der Waals surface area contributed by atoms with Crippen LogP contribution in [0.1, 0.15) is 24.0 Å². The lowest BCUT2D eigenvalue weighted by Gasteiger charge is -2.50. The van der Waals surface area contributed by atoms with Crippen molar-refractivity contribution in [3.63, 3.8) is 0 Å². The molecule has 0 amide bonds. The first-order valence-corrected chi connectivity index (χ1v) is 19.5. The molecular weight excluding hydrogens is 1090 g/mol. The highest BCUT2D eigenvalue weighted by Crippen LogP contribution is 2.61. The second kappa shape index (κ2) is 13.7. The van der Waals surface area contributed by atoms with Gasteiger partial charge in [-0.05, 0) is 24.0 Å². The van der Waals surface area contributed by atoms with Crippen LogP contribution in [0.25, 0.3) is 0 Å². The van der Waals surface area contributed by atoms with Crippen molar-refractivity contribution in [2.45, 2.75) is 60.1 Å². The van der Waals surface area contributed by atoms with Gasteiger partial charge in [0.1, 0.15) is 0 Å². The normalized spacial score (nSPS) is 42.4. The van der Waals surface area contributed by atoms with Gasteiger partial charge in [-0.15, -0.1) is 0 Å². The third-order valence-electron chi connectivity index (χ3n) is 6.29. The minimum atomic E-state index is -0.487. The molecule has 3 rings (SSSR count). The Kier molecular flexibility index (Phi) is 12.8. The lowest BCUT2D eigenvalue weighted by atomic mass is 9.75. The van der Waals surface area contributed by atoms with Crippen molar-refractivity contribution < 1.29 is 0 Å². The van der Waals surface area contributed by atoms with E-state index in [9.17, 15) is 0 Å². The molecule has 0 spiro atoms. The fraction of sp³-hybridized carbons (Fsp3) is 0.500. The van der Waals surface area contributed by atoms with Gasteiger partial charge in [0, 0.05) is 38.6 Å². The quantitative estimate of drug-likeness (QED) is 0.263. The molecule has 2 aromatic carbocycles. The topological polar surface area (TPSA) is 0 Å². The monoisotopic (exact) mass is 1100 g/mol. The van der Waals surface area contributed by atoms with Crippen LogP contribution in [0.15, 0.2) is 60.7 Å². The highest BCUT2D eigenvalue weighted by molar-refractivity contribution is 9.16. The van der Waals surface area contributed by atoms with Crippen LogP contribution in [0.3, 0.4) is 0 Å². The molecule has 1 fully saturated rings. The molecule has 1 aliphatic rings. The van der Waals surface area contributed by atoms with Crippen LogP contribution in [0.4, 0.5) is 0 Å². The summed E-state index contributed by atoms with van der Waals surface area (Å²) in [7, 11) is 0. The number of benzene rings is 2. The van der Waals surface area contributed by atoms with Crippen LogP contribution in [0.5, 0.6) is 0 Å². The van der Waals surface area contributed by atoms with E-state index in [2.05, 4.69) is 220 Å². The van der Waals surface area contributed by atoms with Crippen LogP contribution < -0.4 is 0 Å². The molecule has 0 saturated heterocycles. The second-order valence-corrected chi connectivity index (χ2v) is 19.5. The van der Waals surface area contributed by atoms with Crippen molar-refractivity contribution in [2.75, 3.05) is 0 Å². The smallest absolute Gasteiger partial charge is 0.0835 e. The zero-order chi connectivity index (χ0) is 25.3. The average molecular weight is 1110 g/mol. The van der Waals surface area contributed by atoms with E-state index >= 15 is 0 Å². The Bertz CT molecular complexity index is 914. The summed E-state index contributed by atoms with van der Waals surface area (Å²) in [6.45, 7) is 0. The Morgan fingerprint density at radius 2 is 0.941 bits per heavy atom. The molecule has 0 bridgehead atoms. The van der Waals surface area contributed by atoms with Gasteiger partial charge in [-0.1, -0.05) is 220 Å². The molecule has 0 radical (unpaired) electrons. The lowest BCUT2D eigenvalue weighted by molar-refractivity contribution is 0.402. The van der Waals surface area contributed by atoms with Gasteiger partial charge in [0.15, 0.2) is 0 Å². The van der Waals surface area contributed by atoms with E-state index in [0.29, 0.717) is 0 Å². The van der Waals surface area contributed by atoms with Gasteiger partial charge >= 0.3 is 0 Å². The molecule has 0 aliphatic heterocycles. The number of halogens is 10. The van der Waals surface area contributed by atoms with Gasteiger partial charge in [-0.25, -0.2) is 0 Å². The lowest BCUT2D eigenvalue weighted by Crippen LogP contribution is -2.54. The highest BCUT2D eigenvalue weighted by atomic mass is 79.9. The largest absolute Gasteiger partial charge is 0.0878 e. The molecule has 10 atom stereocenters. The molecule has 34 heavy (non-hydrogen) atoms. The van der Waals surface area contributed by atoms with Gasteiger partial charge in [-0.2, -0.15) is 0 Å². The Morgan fingerprint density at radius 3 is 1.44 bits per heavy atom. The molecule has 0 aromatic heterocycles. The second-order valence-electron chi connectivity index (χ2n) is 8.37. The minimum Gasteiger partial charge on any atom is -0.0878 e. The molecule has 188 valence electrons. The van der Waals surface area contributed by atoms with Gasteiger partial charge in [-0.3, -0.25) is 0 Å². The van der Waals surface area contributed by atoms with Crippen molar-refractivity contribution in [3.05, 3.63) is 71.8 Å². The summed E-state index contributed by atoms with van der Waals surface area (Å²) < 4.78 is -0.899. The summed E-state index contributed by atoms with van der Waals surface area (Å²) in [5.41, 5.74) is 2.44. The number of hydrogen-bond acceptors (Lipinski definition) is 0. The summed E-state index contributed by atoms with van der Waals surface area (Å²) in [4.78, 5) is 1.21. The van der Waals surface area contributed by atoms with Gasteiger partial charge in [0.05, 0.1) is 8.65 Å². The maximum absolute atomic E-state index is 4.36. The number of alkyl halides is 10. The van der Waals surface area contributed by atoms with Crippen LogP contribution in [0.2, 0.25) is 0 Å². The van der Waals surface area contributed by atoms with E-state index in [-0.39, 0.29) is 38.6 Å². The number of rotatable bonds is 2. The fourth-order valence-corrected chi connectivity index (χ4v) is 14.9. The van der Waals surface area contributed by atoms with Gasteiger partial charge in [0.2, 0.25) is 0 Å². The van der Waals surface area contributed by atoms with Crippen molar-refractivity contribution in [2.24, 2.45) is 0 Å². The molecule has 2 aromatic rings. The zero-order valence-corrected chi connectivity index (χ0v) is 33.4. The first kappa shape index (κ1) is 31.8. The molecule has 1 aliphatic carbocycles. The molecule has 10 heteroatoms. The van der Waals surface area contributed by atoms with E-state index in [1.54, 1.807) is 0 Å². The molecule has 1 saturated carbocycles. The summed E-state index contributed by atoms with van der Waals surface area (Å²) in [5, 5.41) is 0. The third-order valence-corrected chi connectivity index (χ3v) is 24.7. The van der Waals surface area contributed by atoms with E-state index in [1.807, 2.05) is 0 Å². The zero-order valence-electron chi connectivity index (χ0n) is 17.6. The van der Waals surface area contributed by atoms with Gasteiger partial charge < -0.3 is 0 Å². The SMILES string of the molecule is BrC1CCC(Br)(c2ccccc2)C(Br)(c2ccccc2)C(Br)C(Br)C(Br)C(Br)C(Br)C(Br)C1Br. The van der Waals surface area contributed by atoms with Crippen LogP contribution in [-0.2, 0) is 8.65 Å². The van der Waals surface area contributed by atoms with E-state index in [0.717, 1.165) is 12.8 Å². The molecule has 0 heterocycles. The van der Waals surface area contributed by atoms with Crippen molar-refractivity contribution >= 4 is 159 Å². The third kappa shape index (κ3) is 6.42. The Hall–Kier alpha value is 3.24. The van der Waals surface area contributed by atoms with Crippen LogP contribution in [0, 0.1) is 0 Å². The summed E-state index contributed by atoms with van der Waals surface area (Å²) in [6, 6.07) is 21.5. The summed E-state index contributed by atoms with van der Waals surface area (Å²) in [6.07, 6.45) is 1.85. The summed E-state index contributed by atoms with van der Waals surface area (Å²) in [5.74, 6) is 0. The van der Waals surface area contributed by atoms with Crippen LogP contribution >= 0.6 is 159 Å². The molecule has 0 nitrogen and oxygen atoms in total. The molecular formula is C24H22Br10. The predicted octanol–water partition coefficient (Wildman–Crippen LogP) is 11.5. The van der Waals surface area contributed by atoms with E-state index < -0.39 is 8.65 Å². The van der Waals surface area contributed by atoms with Crippen molar-refractivity contribution in [1.29, 1.82) is 0 Å². The maximum Gasteiger partial charge on any atom is 0.0835 e. The van der Waals surface area contributed by atoms with E-state index in [1.165, 1.54) is 11.1 Å². The predicted molar refractivity (Wildman–Crippen MR) is 185 cm³/mol. The standard InChI is InChI=1S/C24H22Br10/c25-15-11-12-23(33,13-7-3-1-4-8-13)24(34,14-9-5-2-6-10-14)22(32)21(31)20(30)19(29)18(28)17(27)16(15)26/h1-10,15-22H,11-12H2. The van der Waals surface area contributed by atoms with Gasteiger partial charge in [0.25, 0.3) is 0 Å². The number of hydrogen-bond donors (Lipinski definition) is 0. The van der Waals surface area contributed by atoms with Crippen molar-refractivity contribution in [3.8, 4) is 0 Å². The molecule has 0 N–H and O–H groups in total. The highest BCUT2D eigenvalue weighted by Gasteiger charge is 2.57. The average Bonchev–Trinajstić information content (AvgIpc) is 2.88. The summed E-state index contributed by atoms with van der Waals surface area (Å²) >= 11 is 40.9. The maximum atomic E-state index is 4.36. The van der Waals surface area contributed by atoms with Crippen molar-refractivity contribution in [1.82, 2.24) is 0 Å². The Balaban J connectivity index is 2.25. The fourth-order valence-electron chi connectivity index (χ4n) is 4.30. The first-order chi connectivity index (χ1) is 16.0. The Labute approximate surface area is 287 Å². The Morgan fingerprint density at radius 1 is 0.529 bits per heavy atom. The minimum absolute atomic E-state index is 0.00727. The van der Waals surface area contributed by atoms with E-state index in [4.69, 9.17) is 0 Å². The molecule has 10 unspecified atom stereocenters. The van der Waals surface area contributed by atoms with Crippen LogP contribution in [-0.4, -0.2) is 38.6 Å². The first-order valence-electron chi connectivity index (χ1n) is 10.6.